The second-order valence-electron chi connectivity index (χ2n) is 5.39. The Morgan fingerprint density at radius 1 is 1.14 bits per heavy atom. The number of aryl methyl sites for hydroxylation is 2. The van der Waals surface area contributed by atoms with Crippen LogP contribution in [-0.4, -0.2) is 30.5 Å². The largest absolute Gasteiger partial charge is 0.493 e. The van der Waals surface area contributed by atoms with Crippen LogP contribution in [0.3, 0.4) is 0 Å². The molecule has 1 aromatic heterocycles. The molecule has 0 radical (unpaired) electrons. The van der Waals surface area contributed by atoms with Gasteiger partial charge in [-0.15, -0.1) is 0 Å². The first-order valence-corrected chi connectivity index (χ1v) is 7.47. The fraction of sp³-hybridized carbons (Fsp3) is 0.471. The standard InChI is InChI=1S/C17H25N3O2/c1-12-15(13(2)20(3)19-12)11-18-9-8-14-6-7-16(21-4)17(10-14)22-5/h6-7,10,18H,8-9,11H2,1-5H3. The number of benzene rings is 1. The Labute approximate surface area is 132 Å². The molecular formula is C17H25N3O2. The van der Waals surface area contributed by atoms with Gasteiger partial charge in [0, 0.05) is 24.8 Å². The van der Waals surface area contributed by atoms with Crippen LogP contribution < -0.4 is 14.8 Å². The monoisotopic (exact) mass is 303 g/mol. The van der Waals surface area contributed by atoms with Gasteiger partial charge in [0.1, 0.15) is 0 Å². The van der Waals surface area contributed by atoms with Crippen molar-refractivity contribution in [3.63, 3.8) is 0 Å². The summed E-state index contributed by atoms with van der Waals surface area (Å²) < 4.78 is 12.5. The van der Waals surface area contributed by atoms with Crippen molar-refractivity contribution < 1.29 is 9.47 Å². The second-order valence-corrected chi connectivity index (χ2v) is 5.39. The van der Waals surface area contributed by atoms with E-state index in [0.29, 0.717) is 0 Å². The predicted molar refractivity (Wildman–Crippen MR) is 87.6 cm³/mol. The van der Waals surface area contributed by atoms with E-state index in [-0.39, 0.29) is 0 Å². The molecule has 0 bridgehead atoms. The molecule has 1 aromatic carbocycles. The summed E-state index contributed by atoms with van der Waals surface area (Å²) in [6.07, 6.45) is 0.943. The smallest absolute Gasteiger partial charge is 0.160 e. The first kappa shape index (κ1) is 16.4. The Morgan fingerprint density at radius 3 is 2.45 bits per heavy atom. The van der Waals surface area contributed by atoms with Crippen molar-refractivity contribution in [3.05, 3.63) is 40.7 Å². The molecule has 0 fully saturated rings. The third-order valence-corrected chi connectivity index (χ3v) is 4.00. The molecule has 1 heterocycles. The maximum absolute atomic E-state index is 5.33. The van der Waals surface area contributed by atoms with Crippen LogP contribution >= 0.6 is 0 Å². The van der Waals surface area contributed by atoms with E-state index in [1.54, 1.807) is 14.2 Å². The fourth-order valence-electron chi connectivity index (χ4n) is 2.56. The van der Waals surface area contributed by atoms with Gasteiger partial charge in [0.05, 0.1) is 19.9 Å². The predicted octanol–water partition coefficient (Wildman–Crippen LogP) is 2.39. The minimum Gasteiger partial charge on any atom is -0.493 e. The average Bonchev–Trinajstić information content (AvgIpc) is 2.76. The van der Waals surface area contributed by atoms with Crippen LogP contribution in [0.1, 0.15) is 22.5 Å². The van der Waals surface area contributed by atoms with Gasteiger partial charge in [-0.25, -0.2) is 0 Å². The molecule has 120 valence electrons. The lowest BCUT2D eigenvalue weighted by Gasteiger charge is -2.10. The molecule has 0 aliphatic heterocycles. The molecule has 0 spiro atoms. The minimum absolute atomic E-state index is 0.765. The van der Waals surface area contributed by atoms with Crippen molar-refractivity contribution in [2.45, 2.75) is 26.8 Å². The van der Waals surface area contributed by atoms with Crippen LogP contribution in [0.25, 0.3) is 0 Å². The number of hydrogen-bond acceptors (Lipinski definition) is 4. The number of hydrogen-bond donors (Lipinski definition) is 1. The van der Waals surface area contributed by atoms with Gasteiger partial charge in [0.2, 0.25) is 0 Å². The Hall–Kier alpha value is -2.01. The molecule has 2 aromatic rings. The van der Waals surface area contributed by atoms with Gasteiger partial charge in [-0.2, -0.15) is 5.10 Å². The van der Waals surface area contributed by atoms with Crippen LogP contribution in [0.2, 0.25) is 0 Å². The number of ether oxygens (including phenoxy) is 2. The van der Waals surface area contributed by atoms with Crippen molar-refractivity contribution in [3.8, 4) is 11.5 Å². The van der Waals surface area contributed by atoms with E-state index in [4.69, 9.17) is 9.47 Å². The molecule has 0 unspecified atom stereocenters. The first-order chi connectivity index (χ1) is 10.6. The molecule has 2 rings (SSSR count). The highest BCUT2D eigenvalue weighted by atomic mass is 16.5. The maximum atomic E-state index is 5.33. The summed E-state index contributed by atoms with van der Waals surface area (Å²) in [5.41, 5.74) is 4.83. The Kier molecular flexibility index (Phi) is 5.44. The number of nitrogens with zero attached hydrogens (tertiary/aromatic N) is 2. The molecule has 0 atom stereocenters. The molecule has 0 aliphatic carbocycles. The lowest BCUT2D eigenvalue weighted by atomic mass is 10.1. The molecule has 5 heteroatoms. The van der Waals surface area contributed by atoms with Gasteiger partial charge in [-0.1, -0.05) is 6.07 Å². The highest BCUT2D eigenvalue weighted by Gasteiger charge is 2.08. The van der Waals surface area contributed by atoms with Gasteiger partial charge < -0.3 is 14.8 Å². The zero-order valence-electron chi connectivity index (χ0n) is 14.1. The van der Waals surface area contributed by atoms with E-state index in [0.717, 1.165) is 36.7 Å². The number of nitrogens with one attached hydrogen (secondary N) is 1. The van der Waals surface area contributed by atoms with Crippen LogP contribution in [0.4, 0.5) is 0 Å². The summed E-state index contributed by atoms with van der Waals surface area (Å²) in [6, 6.07) is 6.05. The molecule has 0 amide bonds. The Balaban J connectivity index is 1.89. The number of methoxy groups -OCH3 is 2. The lowest BCUT2D eigenvalue weighted by Crippen LogP contribution is -2.17. The summed E-state index contributed by atoms with van der Waals surface area (Å²) in [5, 5.41) is 7.92. The third kappa shape index (κ3) is 3.60. The fourth-order valence-corrected chi connectivity index (χ4v) is 2.56. The van der Waals surface area contributed by atoms with E-state index in [1.165, 1.54) is 16.8 Å². The lowest BCUT2D eigenvalue weighted by molar-refractivity contribution is 0.354. The summed E-state index contributed by atoms with van der Waals surface area (Å²) in [5.74, 6) is 1.54. The normalized spacial score (nSPS) is 10.8. The zero-order valence-corrected chi connectivity index (χ0v) is 14.1. The highest BCUT2D eigenvalue weighted by Crippen LogP contribution is 2.27. The van der Waals surface area contributed by atoms with Gasteiger partial charge >= 0.3 is 0 Å². The molecule has 0 saturated carbocycles. The van der Waals surface area contributed by atoms with Gasteiger partial charge in [-0.05, 0) is 44.5 Å². The second kappa shape index (κ2) is 7.31. The minimum atomic E-state index is 0.765. The quantitative estimate of drug-likeness (QED) is 0.798. The molecule has 0 aliphatic rings. The van der Waals surface area contributed by atoms with Crippen molar-refractivity contribution in [2.24, 2.45) is 7.05 Å². The van der Waals surface area contributed by atoms with E-state index >= 15 is 0 Å². The first-order valence-electron chi connectivity index (χ1n) is 7.47. The molecule has 5 nitrogen and oxygen atoms in total. The third-order valence-electron chi connectivity index (χ3n) is 4.00. The van der Waals surface area contributed by atoms with Crippen molar-refractivity contribution >= 4 is 0 Å². The van der Waals surface area contributed by atoms with Crippen molar-refractivity contribution in [2.75, 3.05) is 20.8 Å². The topological polar surface area (TPSA) is 48.3 Å². The number of rotatable bonds is 7. The van der Waals surface area contributed by atoms with Crippen molar-refractivity contribution in [1.29, 1.82) is 0 Å². The SMILES string of the molecule is COc1ccc(CCNCc2c(C)nn(C)c2C)cc1OC. The summed E-state index contributed by atoms with van der Waals surface area (Å²) >= 11 is 0. The van der Waals surface area contributed by atoms with Crippen LogP contribution in [0.15, 0.2) is 18.2 Å². The summed E-state index contributed by atoms with van der Waals surface area (Å²) in [7, 11) is 5.29. The molecule has 1 N–H and O–H groups in total. The van der Waals surface area contributed by atoms with E-state index in [9.17, 15) is 0 Å². The van der Waals surface area contributed by atoms with E-state index in [2.05, 4.69) is 30.3 Å². The zero-order chi connectivity index (χ0) is 16.1. The van der Waals surface area contributed by atoms with E-state index in [1.807, 2.05) is 23.9 Å². The van der Waals surface area contributed by atoms with Gasteiger partial charge in [0.15, 0.2) is 11.5 Å². The Bertz CT molecular complexity index is 635. The average molecular weight is 303 g/mol. The summed E-state index contributed by atoms with van der Waals surface area (Å²) in [4.78, 5) is 0. The number of aromatic nitrogens is 2. The molecule has 0 saturated heterocycles. The van der Waals surface area contributed by atoms with E-state index < -0.39 is 0 Å². The Morgan fingerprint density at radius 2 is 1.86 bits per heavy atom. The van der Waals surface area contributed by atoms with Crippen molar-refractivity contribution in [1.82, 2.24) is 15.1 Å². The van der Waals surface area contributed by atoms with Crippen LogP contribution in [0.5, 0.6) is 11.5 Å². The van der Waals surface area contributed by atoms with Crippen LogP contribution in [0, 0.1) is 13.8 Å². The molecule has 22 heavy (non-hydrogen) atoms. The maximum Gasteiger partial charge on any atom is 0.160 e. The summed E-state index contributed by atoms with van der Waals surface area (Å²) in [6.45, 7) is 5.91. The van der Waals surface area contributed by atoms with Crippen LogP contribution in [-0.2, 0) is 20.0 Å². The van der Waals surface area contributed by atoms with Gasteiger partial charge in [0.25, 0.3) is 0 Å². The van der Waals surface area contributed by atoms with Gasteiger partial charge in [-0.3, -0.25) is 4.68 Å². The highest BCUT2D eigenvalue weighted by molar-refractivity contribution is 5.42. The molecular weight excluding hydrogens is 278 g/mol.